The van der Waals surface area contributed by atoms with Gasteiger partial charge in [-0.15, -0.1) is 0 Å². The second-order valence-corrected chi connectivity index (χ2v) is 4.47. The molecule has 0 saturated heterocycles. The van der Waals surface area contributed by atoms with Gasteiger partial charge in [-0.2, -0.15) is 4.73 Å². The Labute approximate surface area is 110 Å². The molecule has 0 spiro atoms. The molecule has 0 aliphatic carbocycles. The van der Waals surface area contributed by atoms with Crippen LogP contribution in [0.4, 0.5) is 0 Å². The van der Waals surface area contributed by atoms with E-state index in [4.69, 9.17) is 9.57 Å². The highest BCUT2D eigenvalue weighted by Crippen LogP contribution is 2.41. The lowest BCUT2D eigenvalue weighted by atomic mass is 10.1. The van der Waals surface area contributed by atoms with E-state index in [1.807, 2.05) is 37.3 Å². The number of fused-ring (bicyclic) bond motifs is 3. The van der Waals surface area contributed by atoms with Crippen molar-refractivity contribution in [1.29, 1.82) is 0 Å². The van der Waals surface area contributed by atoms with E-state index in [1.165, 1.54) is 0 Å². The van der Waals surface area contributed by atoms with Crippen LogP contribution >= 0.6 is 0 Å². The van der Waals surface area contributed by atoms with Gasteiger partial charge < -0.3 is 14.7 Å². The Bertz CT molecular complexity index is 774. The van der Waals surface area contributed by atoms with Crippen molar-refractivity contribution in [2.24, 2.45) is 0 Å². The first-order valence-corrected chi connectivity index (χ1v) is 6.03. The third kappa shape index (κ3) is 1.46. The molecule has 4 nitrogen and oxygen atoms in total. The van der Waals surface area contributed by atoms with Gasteiger partial charge in [0.15, 0.2) is 11.5 Å². The number of phenols is 1. The van der Waals surface area contributed by atoms with Gasteiger partial charge in [-0.05, 0) is 24.6 Å². The highest BCUT2D eigenvalue weighted by Gasteiger charge is 2.19. The number of hydrogen-bond donors (Lipinski definition) is 1. The van der Waals surface area contributed by atoms with Crippen LogP contribution in [0.1, 0.15) is 5.56 Å². The zero-order valence-electron chi connectivity index (χ0n) is 11.1. The SMILES string of the molecule is COc1c(O)c(C)cc2c3ccccc3n(OC)c12. The van der Waals surface area contributed by atoms with E-state index in [9.17, 15) is 5.11 Å². The summed E-state index contributed by atoms with van der Waals surface area (Å²) in [6.07, 6.45) is 0. The Morgan fingerprint density at radius 3 is 2.53 bits per heavy atom. The van der Waals surface area contributed by atoms with Crippen LogP contribution in [-0.4, -0.2) is 24.1 Å². The van der Waals surface area contributed by atoms with E-state index in [2.05, 4.69) is 0 Å². The number of aromatic nitrogens is 1. The average Bonchev–Trinajstić information content (AvgIpc) is 2.74. The molecule has 0 saturated carbocycles. The normalized spacial score (nSPS) is 11.1. The highest BCUT2D eigenvalue weighted by atomic mass is 16.6. The number of phenolic OH excluding ortho intramolecular Hbond substituents is 1. The van der Waals surface area contributed by atoms with E-state index in [0.717, 1.165) is 27.4 Å². The third-order valence-electron chi connectivity index (χ3n) is 3.42. The van der Waals surface area contributed by atoms with Gasteiger partial charge in [0.2, 0.25) is 0 Å². The van der Waals surface area contributed by atoms with Crippen LogP contribution in [0.2, 0.25) is 0 Å². The molecule has 0 radical (unpaired) electrons. The lowest BCUT2D eigenvalue weighted by molar-refractivity contribution is 0.188. The van der Waals surface area contributed by atoms with Crippen molar-refractivity contribution < 1.29 is 14.7 Å². The molecule has 1 heterocycles. The molecule has 0 aliphatic heterocycles. The fourth-order valence-electron chi connectivity index (χ4n) is 2.56. The van der Waals surface area contributed by atoms with Crippen molar-refractivity contribution >= 4 is 21.8 Å². The lowest BCUT2D eigenvalue weighted by Gasteiger charge is -2.11. The fraction of sp³-hybridized carbons (Fsp3) is 0.200. The number of hydrogen-bond acceptors (Lipinski definition) is 3. The van der Waals surface area contributed by atoms with E-state index in [1.54, 1.807) is 19.0 Å². The maximum absolute atomic E-state index is 10.1. The quantitative estimate of drug-likeness (QED) is 0.767. The van der Waals surface area contributed by atoms with E-state index in [-0.39, 0.29) is 5.75 Å². The molecule has 0 aliphatic rings. The number of aromatic hydroxyl groups is 1. The third-order valence-corrected chi connectivity index (χ3v) is 3.42. The summed E-state index contributed by atoms with van der Waals surface area (Å²) in [6.45, 7) is 1.86. The van der Waals surface area contributed by atoms with Crippen LogP contribution in [0.15, 0.2) is 30.3 Å². The summed E-state index contributed by atoms with van der Waals surface area (Å²) < 4.78 is 7.04. The van der Waals surface area contributed by atoms with E-state index >= 15 is 0 Å². The predicted molar refractivity (Wildman–Crippen MR) is 74.9 cm³/mol. The van der Waals surface area contributed by atoms with Crippen LogP contribution in [0.3, 0.4) is 0 Å². The number of para-hydroxylation sites is 1. The summed E-state index contributed by atoms with van der Waals surface area (Å²) in [6, 6.07) is 9.89. The molecule has 2 aromatic carbocycles. The molecular formula is C15H15NO3. The van der Waals surface area contributed by atoms with Crippen molar-refractivity contribution in [3.63, 3.8) is 0 Å². The summed E-state index contributed by atoms with van der Waals surface area (Å²) in [5.41, 5.74) is 2.47. The Morgan fingerprint density at radius 1 is 1.11 bits per heavy atom. The summed E-state index contributed by atoms with van der Waals surface area (Å²) in [5, 5.41) is 12.2. The fourth-order valence-corrected chi connectivity index (χ4v) is 2.56. The molecule has 3 aromatic rings. The van der Waals surface area contributed by atoms with Gasteiger partial charge in [-0.3, -0.25) is 0 Å². The zero-order valence-corrected chi connectivity index (χ0v) is 11.1. The minimum absolute atomic E-state index is 0.149. The summed E-state index contributed by atoms with van der Waals surface area (Å²) in [7, 11) is 3.15. The molecule has 0 unspecified atom stereocenters. The first kappa shape index (κ1) is 11.7. The number of aryl methyl sites for hydroxylation is 1. The smallest absolute Gasteiger partial charge is 0.188 e. The van der Waals surface area contributed by atoms with Crippen molar-refractivity contribution in [2.45, 2.75) is 6.92 Å². The summed E-state index contributed by atoms with van der Waals surface area (Å²) in [4.78, 5) is 5.44. The van der Waals surface area contributed by atoms with Crippen LogP contribution < -0.4 is 9.57 Å². The summed E-state index contributed by atoms with van der Waals surface area (Å²) >= 11 is 0. The maximum atomic E-state index is 10.1. The molecule has 0 atom stereocenters. The van der Waals surface area contributed by atoms with Crippen molar-refractivity contribution in [3.05, 3.63) is 35.9 Å². The van der Waals surface area contributed by atoms with Crippen molar-refractivity contribution in [2.75, 3.05) is 14.2 Å². The molecule has 19 heavy (non-hydrogen) atoms. The van der Waals surface area contributed by atoms with Crippen LogP contribution in [0.5, 0.6) is 11.5 Å². The van der Waals surface area contributed by atoms with Gasteiger partial charge in [-0.25, -0.2) is 0 Å². The lowest BCUT2D eigenvalue weighted by Crippen LogP contribution is -2.05. The molecule has 1 aromatic heterocycles. The molecule has 0 amide bonds. The number of ether oxygens (including phenoxy) is 1. The second-order valence-electron chi connectivity index (χ2n) is 4.47. The predicted octanol–water partition coefficient (Wildman–Crippen LogP) is 2.88. The Balaban J connectivity index is 2.62. The van der Waals surface area contributed by atoms with Crippen LogP contribution in [0.25, 0.3) is 21.8 Å². The minimum Gasteiger partial charge on any atom is -0.504 e. The van der Waals surface area contributed by atoms with Gasteiger partial charge in [0.05, 0.1) is 12.6 Å². The molecule has 1 N–H and O–H groups in total. The van der Waals surface area contributed by atoms with E-state index in [0.29, 0.717) is 5.75 Å². The van der Waals surface area contributed by atoms with E-state index < -0.39 is 0 Å². The topological polar surface area (TPSA) is 43.6 Å². The summed E-state index contributed by atoms with van der Waals surface area (Å²) in [5.74, 6) is 0.587. The molecule has 3 rings (SSSR count). The maximum Gasteiger partial charge on any atom is 0.188 e. The van der Waals surface area contributed by atoms with Crippen LogP contribution in [0, 0.1) is 6.92 Å². The molecule has 4 heteroatoms. The zero-order chi connectivity index (χ0) is 13.6. The first-order chi connectivity index (χ1) is 9.19. The number of methoxy groups -OCH3 is 1. The number of rotatable bonds is 2. The largest absolute Gasteiger partial charge is 0.504 e. The molecular weight excluding hydrogens is 242 g/mol. The molecule has 0 bridgehead atoms. The molecule has 0 fully saturated rings. The Kier molecular flexibility index (Phi) is 2.52. The van der Waals surface area contributed by atoms with Crippen LogP contribution in [-0.2, 0) is 0 Å². The van der Waals surface area contributed by atoms with Gasteiger partial charge in [0.25, 0.3) is 0 Å². The van der Waals surface area contributed by atoms with Gasteiger partial charge in [0, 0.05) is 10.8 Å². The monoisotopic (exact) mass is 257 g/mol. The second kappa shape index (κ2) is 4.09. The average molecular weight is 257 g/mol. The molecule has 98 valence electrons. The van der Waals surface area contributed by atoms with Gasteiger partial charge in [-0.1, -0.05) is 18.2 Å². The number of nitrogens with zero attached hydrogens (tertiary/aromatic N) is 1. The first-order valence-electron chi connectivity index (χ1n) is 6.03. The van der Waals surface area contributed by atoms with Crippen molar-refractivity contribution in [3.8, 4) is 11.5 Å². The Morgan fingerprint density at radius 2 is 1.84 bits per heavy atom. The van der Waals surface area contributed by atoms with Gasteiger partial charge >= 0.3 is 0 Å². The minimum atomic E-state index is 0.149. The Hall–Kier alpha value is -2.36. The standard InChI is InChI=1S/C15H15NO3/c1-9-8-11-10-6-4-5-7-12(10)16(19-3)13(11)15(18-2)14(9)17/h4-8,17H,1-3H3. The van der Waals surface area contributed by atoms with Crippen molar-refractivity contribution in [1.82, 2.24) is 4.73 Å². The highest BCUT2D eigenvalue weighted by molar-refractivity contribution is 6.10. The van der Waals surface area contributed by atoms with Gasteiger partial charge in [0.1, 0.15) is 12.6 Å². The number of benzene rings is 2.